The zero-order valence-electron chi connectivity index (χ0n) is 10.2. The van der Waals surface area contributed by atoms with Crippen molar-refractivity contribution in [2.75, 3.05) is 33.9 Å². The number of hydrogen-bond acceptors (Lipinski definition) is 4. The largest absolute Gasteiger partial charge is 0.468 e. The summed E-state index contributed by atoms with van der Waals surface area (Å²) in [4.78, 5) is 16.8. The van der Waals surface area contributed by atoms with E-state index < -0.39 is 5.41 Å². The van der Waals surface area contributed by atoms with Crippen LogP contribution < -0.4 is 0 Å². The van der Waals surface area contributed by atoms with E-state index in [1.807, 2.05) is 25.5 Å². The molecule has 2 rings (SSSR count). The second-order valence-corrected chi connectivity index (χ2v) is 4.66. The van der Waals surface area contributed by atoms with Crippen LogP contribution >= 0.6 is 0 Å². The number of ether oxygens (including phenoxy) is 2. The minimum Gasteiger partial charge on any atom is -0.468 e. The normalized spacial score (nSPS) is 17.8. The fraction of sp³-hybridized carbons (Fsp3) is 0.583. The molecule has 2 heterocycles. The van der Waals surface area contributed by atoms with Crippen LogP contribution in [0.2, 0.25) is 0 Å². The summed E-state index contributed by atoms with van der Waals surface area (Å²) in [6.45, 7) is 2.38. The van der Waals surface area contributed by atoms with Gasteiger partial charge in [-0.25, -0.2) is 0 Å². The molecule has 0 aromatic carbocycles. The SMILES string of the molecule is COC(=O)C1(CN(C)Cc2cc[nH]c2)COC1. The molecule has 1 aliphatic rings. The van der Waals surface area contributed by atoms with Crippen LogP contribution in [0.25, 0.3) is 0 Å². The van der Waals surface area contributed by atoms with Gasteiger partial charge in [0, 0.05) is 25.5 Å². The molecule has 1 aromatic rings. The van der Waals surface area contributed by atoms with Crippen molar-refractivity contribution < 1.29 is 14.3 Å². The molecule has 1 saturated heterocycles. The number of methoxy groups -OCH3 is 1. The molecule has 0 amide bonds. The molecule has 0 atom stereocenters. The molecular formula is C12H18N2O3. The summed E-state index contributed by atoms with van der Waals surface area (Å²) in [6.07, 6.45) is 3.85. The van der Waals surface area contributed by atoms with Crippen LogP contribution in [0.3, 0.4) is 0 Å². The van der Waals surface area contributed by atoms with Gasteiger partial charge in [-0.05, 0) is 18.7 Å². The lowest BCUT2D eigenvalue weighted by atomic mass is 9.85. The van der Waals surface area contributed by atoms with Gasteiger partial charge in [0.1, 0.15) is 5.41 Å². The van der Waals surface area contributed by atoms with E-state index in [0.29, 0.717) is 19.8 Å². The lowest BCUT2D eigenvalue weighted by molar-refractivity contribution is -0.186. The number of nitrogens with zero attached hydrogens (tertiary/aromatic N) is 1. The second-order valence-electron chi connectivity index (χ2n) is 4.66. The summed E-state index contributed by atoms with van der Waals surface area (Å²) in [7, 11) is 3.42. The zero-order valence-corrected chi connectivity index (χ0v) is 10.2. The number of hydrogen-bond donors (Lipinski definition) is 1. The van der Waals surface area contributed by atoms with Gasteiger partial charge in [-0.1, -0.05) is 0 Å². The number of aromatic amines is 1. The van der Waals surface area contributed by atoms with E-state index >= 15 is 0 Å². The maximum absolute atomic E-state index is 11.7. The van der Waals surface area contributed by atoms with Crippen LogP contribution in [0, 0.1) is 5.41 Å². The van der Waals surface area contributed by atoms with E-state index in [9.17, 15) is 4.79 Å². The molecule has 1 aliphatic heterocycles. The number of rotatable bonds is 5. The van der Waals surface area contributed by atoms with Gasteiger partial charge in [0.2, 0.25) is 0 Å². The van der Waals surface area contributed by atoms with Crippen molar-refractivity contribution in [2.24, 2.45) is 5.41 Å². The van der Waals surface area contributed by atoms with Crippen molar-refractivity contribution in [1.29, 1.82) is 0 Å². The first kappa shape index (κ1) is 12.1. The van der Waals surface area contributed by atoms with Crippen molar-refractivity contribution in [3.05, 3.63) is 24.0 Å². The Kier molecular flexibility index (Phi) is 3.49. The highest BCUT2D eigenvalue weighted by Crippen LogP contribution is 2.30. The Bertz CT molecular complexity index is 371. The maximum Gasteiger partial charge on any atom is 0.317 e. The summed E-state index contributed by atoms with van der Waals surface area (Å²) < 4.78 is 10.0. The van der Waals surface area contributed by atoms with Gasteiger partial charge >= 0.3 is 5.97 Å². The molecule has 1 aromatic heterocycles. The van der Waals surface area contributed by atoms with Crippen LogP contribution in [0.15, 0.2) is 18.5 Å². The van der Waals surface area contributed by atoms with Gasteiger partial charge in [-0.15, -0.1) is 0 Å². The van der Waals surface area contributed by atoms with Crippen LogP contribution in [-0.4, -0.2) is 49.8 Å². The number of nitrogens with one attached hydrogen (secondary N) is 1. The standard InChI is InChI=1S/C12H18N2O3/c1-14(6-10-3-4-13-5-10)7-12(8-17-9-12)11(15)16-2/h3-5,13H,6-9H2,1-2H3. The number of H-pyrrole nitrogens is 1. The lowest BCUT2D eigenvalue weighted by Crippen LogP contribution is -2.55. The lowest BCUT2D eigenvalue weighted by Gasteiger charge is -2.40. The molecule has 5 heteroatoms. The highest BCUT2D eigenvalue weighted by Gasteiger charge is 2.47. The predicted molar refractivity (Wildman–Crippen MR) is 62.4 cm³/mol. The predicted octanol–water partition coefficient (Wildman–Crippen LogP) is 0.636. The Morgan fingerprint density at radius 1 is 1.65 bits per heavy atom. The molecule has 0 unspecified atom stereocenters. The fourth-order valence-corrected chi connectivity index (χ4v) is 2.18. The van der Waals surface area contributed by atoms with E-state index in [1.54, 1.807) is 0 Å². The summed E-state index contributed by atoms with van der Waals surface area (Å²) >= 11 is 0. The first-order valence-electron chi connectivity index (χ1n) is 5.63. The minimum atomic E-state index is -0.472. The summed E-state index contributed by atoms with van der Waals surface area (Å²) in [5.74, 6) is -0.176. The highest BCUT2D eigenvalue weighted by atomic mass is 16.5. The van der Waals surface area contributed by atoms with E-state index in [-0.39, 0.29) is 5.97 Å². The van der Waals surface area contributed by atoms with E-state index in [4.69, 9.17) is 9.47 Å². The zero-order chi connectivity index (χ0) is 12.3. The number of aromatic nitrogens is 1. The number of carbonyl (C=O) groups is 1. The van der Waals surface area contributed by atoms with Crippen molar-refractivity contribution in [1.82, 2.24) is 9.88 Å². The quantitative estimate of drug-likeness (QED) is 0.765. The van der Waals surface area contributed by atoms with Gasteiger partial charge in [0.05, 0.1) is 20.3 Å². The third-order valence-corrected chi connectivity index (χ3v) is 3.06. The van der Waals surface area contributed by atoms with Crippen LogP contribution in [-0.2, 0) is 20.8 Å². The molecule has 0 spiro atoms. The van der Waals surface area contributed by atoms with Gasteiger partial charge in [0.15, 0.2) is 0 Å². The Balaban J connectivity index is 1.92. The molecule has 0 bridgehead atoms. The maximum atomic E-state index is 11.7. The van der Waals surface area contributed by atoms with Crippen molar-refractivity contribution in [3.8, 4) is 0 Å². The molecule has 5 nitrogen and oxygen atoms in total. The molecule has 0 saturated carbocycles. The van der Waals surface area contributed by atoms with Crippen LogP contribution in [0.1, 0.15) is 5.56 Å². The first-order chi connectivity index (χ1) is 8.16. The van der Waals surface area contributed by atoms with E-state index in [2.05, 4.69) is 9.88 Å². The second kappa shape index (κ2) is 4.89. The first-order valence-corrected chi connectivity index (χ1v) is 5.63. The van der Waals surface area contributed by atoms with E-state index in [0.717, 1.165) is 6.54 Å². The van der Waals surface area contributed by atoms with Gasteiger partial charge < -0.3 is 19.4 Å². The van der Waals surface area contributed by atoms with Gasteiger partial charge in [-0.2, -0.15) is 0 Å². The van der Waals surface area contributed by atoms with Crippen molar-refractivity contribution in [3.63, 3.8) is 0 Å². The third kappa shape index (κ3) is 2.50. The summed E-state index contributed by atoms with van der Waals surface area (Å²) in [5, 5.41) is 0. The monoisotopic (exact) mass is 238 g/mol. The Morgan fingerprint density at radius 2 is 2.41 bits per heavy atom. The van der Waals surface area contributed by atoms with Crippen molar-refractivity contribution in [2.45, 2.75) is 6.54 Å². The molecule has 1 N–H and O–H groups in total. The molecule has 17 heavy (non-hydrogen) atoms. The molecule has 0 radical (unpaired) electrons. The Morgan fingerprint density at radius 3 is 2.88 bits per heavy atom. The van der Waals surface area contributed by atoms with Crippen LogP contribution in [0.5, 0.6) is 0 Å². The van der Waals surface area contributed by atoms with E-state index in [1.165, 1.54) is 12.7 Å². The van der Waals surface area contributed by atoms with Crippen LogP contribution in [0.4, 0.5) is 0 Å². The minimum absolute atomic E-state index is 0.176. The average Bonchev–Trinajstić information content (AvgIpc) is 2.75. The Hall–Kier alpha value is -1.33. The average molecular weight is 238 g/mol. The van der Waals surface area contributed by atoms with Gasteiger partial charge in [0.25, 0.3) is 0 Å². The smallest absolute Gasteiger partial charge is 0.317 e. The fourth-order valence-electron chi connectivity index (χ4n) is 2.18. The number of carbonyl (C=O) groups excluding carboxylic acids is 1. The molecule has 1 fully saturated rings. The third-order valence-electron chi connectivity index (χ3n) is 3.06. The highest BCUT2D eigenvalue weighted by molar-refractivity contribution is 5.78. The molecule has 0 aliphatic carbocycles. The molecule has 94 valence electrons. The van der Waals surface area contributed by atoms with Crippen molar-refractivity contribution >= 4 is 5.97 Å². The van der Waals surface area contributed by atoms with Gasteiger partial charge in [-0.3, -0.25) is 4.79 Å². The number of esters is 1. The Labute approximate surface area is 101 Å². The summed E-state index contributed by atoms with van der Waals surface area (Å²) in [5.41, 5.74) is 0.729. The topological polar surface area (TPSA) is 54.6 Å². The summed E-state index contributed by atoms with van der Waals surface area (Å²) in [6, 6.07) is 2.03. The molecular weight excluding hydrogens is 220 g/mol.